The number of thiophene rings is 1. The van der Waals surface area contributed by atoms with Crippen molar-refractivity contribution in [2.75, 3.05) is 0 Å². The van der Waals surface area contributed by atoms with E-state index < -0.39 is 10.0 Å². The minimum atomic E-state index is -3.47. The molecule has 1 heterocycles. The van der Waals surface area contributed by atoms with Gasteiger partial charge in [0.1, 0.15) is 4.21 Å². The summed E-state index contributed by atoms with van der Waals surface area (Å²) in [5.74, 6) is 0. The molecular formula is C11H15BrClNO2S2. The summed E-state index contributed by atoms with van der Waals surface area (Å²) in [6.45, 7) is 1.98. The maximum Gasteiger partial charge on any atom is 0.250 e. The van der Waals surface area contributed by atoms with Gasteiger partial charge in [0.2, 0.25) is 0 Å². The van der Waals surface area contributed by atoms with E-state index in [1.54, 1.807) is 0 Å². The highest BCUT2D eigenvalue weighted by molar-refractivity contribution is 9.11. The van der Waals surface area contributed by atoms with E-state index in [1.807, 2.05) is 6.92 Å². The minimum absolute atomic E-state index is 0.270. The van der Waals surface area contributed by atoms with Crippen LogP contribution in [0.1, 0.15) is 39.0 Å². The normalized spacial score (nSPS) is 19.9. The molecule has 2 rings (SSSR count). The molecule has 7 heteroatoms. The van der Waals surface area contributed by atoms with Crippen molar-refractivity contribution in [1.29, 1.82) is 0 Å². The van der Waals surface area contributed by atoms with Gasteiger partial charge in [-0.1, -0.05) is 30.9 Å². The van der Waals surface area contributed by atoms with E-state index in [0.29, 0.717) is 8.81 Å². The molecule has 0 spiro atoms. The third kappa shape index (κ3) is 3.28. The fraction of sp³-hybridized carbons (Fsp3) is 0.636. The van der Waals surface area contributed by atoms with E-state index in [9.17, 15) is 8.42 Å². The van der Waals surface area contributed by atoms with Crippen LogP contribution in [0.4, 0.5) is 0 Å². The summed E-state index contributed by atoms with van der Waals surface area (Å²) >= 11 is 10.3. The lowest BCUT2D eigenvalue weighted by molar-refractivity contribution is 0.294. The van der Waals surface area contributed by atoms with Crippen molar-refractivity contribution in [3.8, 4) is 0 Å². The Morgan fingerprint density at radius 3 is 2.50 bits per heavy atom. The predicted octanol–water partition coefficient (Wildman–Crippen LogP) is 4.17. The monoisotopic (exact) mass is 371 g/mol. The van der Waals surface area contributed by atoms with Gasteiger partial charge in [0.25, 0.3) is 10.0 Å². The van der Waals surface area contributed by atoms with Crippen LogP contribution < -0.4 is 4.72 Å². The Labute approximate surface area is 125 Å². The van der Waals surface area contributed by atoms with Crippen LogP contribution in [0.15, 0.2) is 14.1 Å². The number of halogens is 2. The largest absolute Gasteiger partial charge is 0.250 e. The Hall–Kier alpha value is 0.380. The molecule has 1 aromatic heterocycles. The highest BCUT2D eigenvalue weighted by Gasteiger charge is 2.33. The Morgan fingerprint density at radius 2 is 2.00 bits per heavy atom. The van der Waals surface area contributed by atoms with Crippen molar-refractivity contribution in [3.05, 3.63) is 14.9 Å². The summed E-state index contributed by atoms with van der Waals surface area (Å²) in [7, 11) is -3.47. The molecule has 0 aliphatic heterocycles. The van der Waals surface area contributed by atoms with Crippen LogP contribution in [0.5, 0.6) is 0 Å². The van der Waals surface area contributed by atoms with Crippen molar-refractivity contribution in [2.45, 2.75) is 48.8 Å². The van der Waals surface area contributed by atoms with Crippen molar-refractivity contribution < 1.29 is 8.42 Å². The smallest absolute Gasteiger partial charge is 0.206 e. The summed E-state index contributed by atoms with van der Waals surface area (Å²) in [5.41, 5.74) is -0.319. The Bertz CT molecular complexity index is 516. The number of nitrogens with one attached hydrogen (secondary N) is 1. The molecule has 1 fully saturated rings. The van der Waals surface area contributed by atoms with Crippen LogP contribution in [-0.4, -0.2) is 14.0 Å². The zero-order chi connectivity index (χ0) is 13.4. The lowest BCUT2D eigenvalue weighted by Gasteiger charge is -2.33. The van der Waals surface area contributed by atoms with E-state index >= 15 is 0 Å². The molecule has 1 saturated carbocycles. The van der Waals surface area contributed by atoms with E-state index in [1.165, 1.54) is 12.5 Å². The third-order valence-corrected chi connectivity index (χ3v) is 7.81. The molecule has 102 valence electrons. The second-order valence-corrected chi connectivity index (χ2v) is 9.60. The molecule has 3 nitrogen and oxygen atoms in total. The molecular weight excluding hydrogens is 358 g/mol. The standard InChI is InChI=1S/C11H15BrClNO2S2/c1-11(5-3-2-4-6-11)14-18(15,16)9-7-8(13)10(12)17-9/h7,14H,2-6H2,1H3. The number of rotatable bonds is 3. The van der Waals surface area contributed by atoms with Gasteiger partial charge in [-0.15, -0.1) is 11.3 Å². The fourth-order valence-electron chi connectivity index (χ4n) is 2.27. The first kappa shape index (κ1) is 14.8. The molecule has 0 saturated heterocycles. The van der Waals surface area contributed by atoms with Crippen LogP contribution in [0.25, 0.3) is 0 Å². The summed E-state index contributed by atoms with van der Waals surface area (Å²) in [6, 6.07) is 1.49. The van der Waals surface area contributed by atoms with E-state index in [2.05, 4.69) is 20.7 Å². The average Bonchev–Trinajstić information content (AvgIpc) is 2.59. The summed E-state index contributed by atoms with van der Waals surface area (Å²) in [6.07, 6.45) is 5.13. The van der Waals surface area contributed by atoms with Gasteiger partial charge in [0.15, 0.2) is 0 Å². The first-order valence-corrected chi connectivity index (χ1v) is 9.28. The van der Waals surface area contributed by atoms with Gasteiger partial charge in [0, 0.05) is 5.54 Å². The minimum Gasteiger partial charge on any atom is -0.206 e. The second kappa shape index (κ2) is 5.40. The highest BCUT2D eigenvalue weighted by Crippen LogP contribution is 2.36. The lowest BCUT2D eigenvalue weighted by atomic mass is 9.84. The zero-order valence-corrected chi connectivity index (χ0v) is 14.0. The second-order valence-electron chi connectivity index (χ2n) is 4.91. The van der Waals surface area contributed by atoms with Crippen LogP contribution in [-0.2, 0) is 10.0 Å². The van der Waals surface area contributed by atoms with Gasteiger partial charge < -0.3 is 0 Å². The molecule has 1 aliphatic carbocycles. The topological polar surface area (TPSA) is 46.2 Å². The Kier molecular flexibility index (Phi) is 4.44. The number of sulfonamides is 1. The maximum absolute atomic E-state index is 12.3. The summed E-state index contributed by atoms with van der Waals surface area (Å²) in [4.78, 5) is 0. The van der Waals surface area contributed by atoms with Gasteiger partial charge in [-0.25, -0.2) is 13.1 Å². The zero-order valence-electron chi connectivity index (χ0n) is 10.0. The van der Waals surface area contributed by atoms with E-state index in [-0.39, 0.29) is 9.75 Å². The molecule has 1 aromatic rings. The quantitative estimate of drug-likeness (QED) is 0.865. The van der Waals surface area contributed by atoms with Crippen molar-refractivity contribution >= 4 is 48.9 Å². The highest BCUT2D eigenvalue weighted by atomic mass is 79.9. The van der Waals surface area contributed by atoms with Gasteiger partial charge in [-0.2, -0.15) is 0 Å². The van der Waals surface area contributed by atoms with Gasteiger partial charge >= 0.3 is 0 Å². The molecule has 1 N–H and O–H groups in total. The van der Waals surface area contributed by atoms with Gasteiger partial charge in [0.05, 0.1) is 8.81 Å². The molecule has 0 amide bonds. The summed E-state index contributed by atoms with van der Waals surface area (Å²) < 4.78 is 28.3. The average molecular weight is 373 g/mol. The Balaban J connectivity index is 2.21. The first-order valence-electron chi connectivity index (χ1n) is 5.81. The molecule has 18 heavy (non-hydrogen) atoms. The first-order chi connectivity index (χ1) is 8.32. The van der Waals surface area contributed by atoms with Crippen molar-refractivity contribution in [1.82, 2.24) is 4.72 Å². The van der Waals surface area contributed by atoms with Crippen LogP contribution in [0.3, 0.4) is 0 Å². The van der Waals surface area contributed by atoms with Crippen LogP contribution >= 0.6 is 38.9 Å². The molecule has 0 unspecified atom stereocenters. The molecule has 0 bridgehead atoms. The molecule has 1 aliphatic rings. The van der Waals surface area contributed by atoms with Crippen molar-refractivity contribution in [2.24, 2.45) is 0 Å². The molecule has 0 aromatic carbocycles. The van der Waals surface area contributed by atoms with Gasteiger partial charge in [-0.05, 0) is 41.8 Å². The number of hydrogen-bond donors (Lipinski definition) is 1. The molecule has 0 atom stereocenters. The van der Waals surface area contributed by atoms with E-state index in [0.717, 1.165) is 37.0 Å². The van der Waals surface area contributed by atoms with Crippen molar-refractivity contribution in [3.63, 3.8) is 0 Å². The van der Waals surface area contributed by atoms with E-state index in [4.69, 9.17) is 11.6 Å². The predicted molar refractivity (Wildman–Crippen MR) is 78.8 cm³/mol. The maximum atomic E-state index is 12.3. The molecule has 0 radical (unpaired) electrons. The van der Waals surface area contributed by atoms with Crippen LogP contribution in [0.2, 0.25) is 5.02 Å². The Morgan fingerprint density at radius 1 is 1.39 bits per heavy atom. The van der Waals surface area contributed by atoms with Crippen LogP contribution in [0, 0.1) is 0 Å². The van der Waals surface area contributed by atoms with Gasteiger partial charge in [-0.3, -0.25) is 0 Å². The SMILES string of the molecule is CC1(NS(=O)(=O)c2cc(Cl)c(Br)s2)CCCCC1. The lowest BCUT2D eigenvalue weighted by Crippen LogP contribution is -2.46. The summed E-state index contributed by atoms with van der Waals surface area (Å²) in [5, 5.41) is 0.439. The fourth-order valence-corrected chi connectivity index (χ4v) is 6.13. The number of hydrogen-bond acceptors (Lipinski definition) is 3. The third-order valence-electron chi connectivity index (χ3n) is 3.23.